The summed E-state index contributed by atoms with van der Waals surface area (Å²) in [5.74, 6) is 4.03. The Morgan fingerprint density at radius 1 is 0.684 bits per heavy atom. The molecule has 1 unspecified atom stereocenters. The molecule has 296 valence electrons. The fraction of sp³-hybridized carbons (Fsp3) is 0.426. The molecule has 0 radical (unpaired) electrons. The zero-order chi connectivity index (χ0) is 38.2. The van der Waals surface area contributed by atoms with Gasteiger partial charge in [0.15, 0.2) is 0 Å². The molecule has 4 bridgehead atoms. The average Bonchev–Trinajstić information content (AvgIpc) is 3.83. The molecule has 0 saturated heterocycles. The first-order valence-corrected chi connectivity index (χ1v) is 29.6. The Balaban J connectivity index is 0.00000211. The summed E-state index contributed by atoms with van der Waals surface area (Å²) in [6.45, 7) is 19.9. The van der Waals surface area contributed by atoms with Crippen molar-refractivity contribution >= 4 is 54.2 Å². The summed E-state index contributed by atoms with van der Waals surface area (Å²) in [7, 11) is 0. The summed E-state index contributed by atoms with van der Waals surface area (Å²) >= 11 is -4.60. The molecular weight excluding hydrogens is 811 g/mol. The number of rotatable bonds is 4. The van der Waals surface area contributed by atoms with E-state index in [1.54, 1.807) is 12.1 Å². The van der Waals surface area contributed by atoms with Crippen LogP contribution in [-0.4, -0.2) is 4.21 Å². The van der Waals surface area contributed by atoms with Crippen molar-refractivity contribution in [2.45, 2.75) is 109 Å². The molecule has 4 aromatic rings. The van der Waals surface area contributed by atoms with Crippen LogP contribution in [0.4, 0.5) is 0 Å². The predicted octanol–water partition coefficient (Wildman–Crippen LogP) is 14.4. The van der Waals surface area contributed by atoms with Gasteiger partial charge in [-0.2, -0.15) is 0 Å². The minimum atomic E-state index is -4.60. The van der Waals surface area contributed by atoms with Gasteiger partial charge in [-0.1, -0.05) is 0 Å². The minimum absolute atomic E-state index is 0. The summed E-state index contributed by atoms with van der Waals surface area (Å²) in [4.78, 5) is 0. The summed E-state index contributed by atoms with van der Waals surface area (Å²) in [5, 5.41) is 2.67. The van der Waals surface area contributed by atoms with E-state index in [0.29, 0.717) is 11.3 Å². The van der Waals surface area contributed by atoms with E-state index in [9.17, 15) is 0 Å². The van der Waals surface area contributed by atoms with Crippen molar-refractivity contribution in [3.8, 4) is 11.1 Å². The topological polar surface area (TPSA) is 0 Å². The third-order valence-electron chi connectivity index (χ3n) is 17.6. The van der Waals surface area contributed by atoms with Crippen molar-refractivity contribution in [1.82, 2.24) is 0 Å². The van der Waals surface area contributed by atoms with E-state index in [1.807, 2.05) is 0 Å². The quantitative estimate of drug-likeness (QED) is 0.169. The number of fused-ring (bicyclic) bond motifs is 6. The zero-order valence-electron chi connectivity index (χ0n) is 35.7. The van der Waals surface area contributed by atoms with Crippen LogP contribution in [0, 0.1) is 35.0 Å². The fourth-order valence-electron chi connectivity index (χ4n) is 15.3. The molecule has 4 aromatic carbocycles. The normalized spacial score (nSPS) is 29.6. The molecule has 0 aromatic heterocycles. The second kappa shape index (κ2) is 12.5. The molecule has 8 aliphatic carbocycles. The van der Waals surface area contributed by atoms with Gasteiger partial charge in [-0.25, -0.2) is 0 Å². The Labute approximate surface area is 355 Å². The molecule has 8 aliphatic rings. The number of hydrogen-bond donors (Lipinski definition) is 0. The van der Waals surface area contributed by atoms with E-state index in [1.165, 1.54) is 102 Å². The van der Waals surface area contributed by atoms with Gasteiger partial charge < -0.3 is 0 Å². The van der Waals surface area contributed by atoms with Crippen molar-refractivity contribution in [2.24, 2.45) is 35.0 Å². The van der Waals surface area contributed by atoms with Gasteiger partial charge in [-0.15, -0.1) is 24.8 Å². The van der Waals surface area contributed by atoms with Crippen LogP contribution in [0.3, 0.4) is 0 Å². The Kier molecular flexibility index (Phi) is 8.74. The summed E-state index contributed by atoms with van der Waals surface area (Å²) in [6, 6.07) is 26.8. The molecule has 4 fully saturated rings. The first kappa shape index (κ1) is 39.9. The first-order valence-electron chi connectivity index (χ1n) is 21.7. The van der Waals surface area contributed by atoms with Crippen LogP contribution in [0.1, 0.15) is 121 Å². The maximum atomic E-state index is 5.84. The molecule has 0 N–H and O–H groups in total. The van der Waals surface area contributed by atoms with Gasteiger partial charge in [-0.3, -0.25) is 0 Å². The molecule has 3 heteroatoms. The standard InChI is InChI=1S/C25H25.C17H23.C10H7.CH3.CH2.2ClH.Zr/c1-14-12-24(3,4)22-8-16-7-17-9-23-19(15(2)13-25(23,5)6)11-21(17)20(16)10-18(14)22;1-11-3-4-14(5-11)17(2)15-7-12-6-13(9-15)10-16(17)8-12;1-2-6-10-8-4-3-7-9(10)5-1;;;;;/h8-12H,7H2,1-6H3;4-5,11-13,15-16H,6-10H2,1-2H3;1-3,5-8H;1H3;1H2;2*1H;. The van der Waals surface area contributed by atoms with Gasteiger partial charge in [0.1, 0.15) is 0 Å². The number of hydrogen-bond acceptors (Lipinski definition) is 0. The van der Waals surface area contributed by atoms with E-state index < -0.39 is 18.3 Å². The Morgan fingerprint density at radius 3 is 1.93 bits per heavy atom. The molecular formula is C54H62Cl2Zr. The monoisotopic (exact) mass is 870 g/mol. The Morgan fingerprint density at radius 2 is 1.28 bits per heavy atom. The van der Waals surface area contributed by atoms with Gasteiger partial charge in [0.05, 0.1) is 0 Å². The predicted molar refractivity (Wildman–Crippen MR) is 249 cm³/mol. The summed E-state index contributed by atoms with van der Waals surface area (Å²) < 4.78 is 13.5. The third kappa shape index (κ3) is 5.10. The van der Waals surface area contributed by atoms with E-state index >= 15 is 0 Å². The second-order valence-corrected chi connectivity index (χ2v) is 35.6. The molecule has 0 amide bonds. The number of halogens is 2. The Bertz CT molecular complexity index is 2630. The molecule has 57 heavy (non-hydrogen) atoms. The van der Waals surface area contributed by atoms with Gasteiger partial charge >= 0.3 is 334 Å². The van der Waals surface area contributed by atoms with Crippen LogP contribution in [-0.2, 0) is 35.5 Å². The Hall–Kier alpha value is -2.57. The van der Waals surface area contributed by atoms with Crippen LogP contribution >= 0.6 is 24.8 Å². The van der Waals surface area contributed by atoms with Gasteiger partial charge in [0.2, 0.25) is 0 Å². The van der Waals surface area contributed by atoms with Gasteiger partial charge in [-0.05, 0) is 0 Å². The first-order chi connectivity index (χ1) is 26.0. The van der Waals surface area contributed by atoms with Gasteiger partial charge in [0.25, 0.3) is 0 Å². The molecule has 0 aliphatic heterocycles. The van der Waals surface area contributed by atoms with Crippen molar-refractivity contribution in [2.75, 3.05) is 0 Å². The van der Waals surface area contributed by atoms with E-state index in [0.717, 1.165) is 30.1 Å². The third-order valence-corrected chi connectivity index (χ3v) is 33.3. The molecule has 4 saturated carbocycles. The van der Waals surface area contributed by atoms with Crippen molar-refractivity contribution in [3.05, 3.63) is 130 Å². The van der Waals surface area contributed by atoms with Crippen molar-refractivity contribution in [3.63, 3.8) is 0 Å². The van der Waals surface area contributed by atoms with Crippen LogP contribution in [0.25, 0.3) is 33.0 Å². The second-order valence-electron chi connectivity index (χ2n) is 21.6. The maximum absolute atomic E-state index is 5.84. The number of allylic oxidation sites excluding steroid dienone is 8. The summed E-state index contributed by atoms with van der Waals surface area (Å²) in [6.07, 6.45) is 16.4. The van der Waals surface area contributed by atoms with Crippen LogP contribution in [0.15, 0.2) is 97.1 Å². The fourth-order valence-corrected chi connectivity index (χ4v) is 32.1. The van der Waals surface area contributed by atoms with Crippen LogP contribution in [0.2, 0.25) is 4.63 Å². The molecule has 0 nitrogen and oxygen atoms in total. The van der Waals surface area contributed by atoms with Crippen molar-refractivity contribution in [1.29, 1.82) is 0 Å². The van der Waals surface area contributed by atoms with Gasteiger partial charge in [0, 0.05) is 0 Å². The van der Waals surface area contributed by atoms with Crippen molar-refractivity contribution < 1.29 is 18.3 Å². The van der Waals surface area contributed by atoms with E-state index in [-0.39, 0.29) is 35.6 Å². The molecule has 12 rings (SSSR count). The molecule has 0 spiro atoms. The molecule has 0 heterocycles. The van der Waals surface area contributed by atoms with Crippen LogP contribution < -0.4 is 3.27 Å². The zero-order valence-corrected chi connectivity index (χ0v) is 39.8. The average molecular weight is 873 g/mol. The van der Waals surface area contributed by atoms with Crippen LogP contribution in [0.5, 0.6) is 0 Å². The molecule has 1 atom stereocenters. The summed E-state index contributed by atoms with van der Waals surface area (Å²) in [5.41, 5.74) is 16.7. The number of benzene rings is 4. The van der Waals surface area contributed by atoms with E-state index in [2.05, 4.69) is 145 Å². The SMILES string of the molecule is Cl.Cl.[CH2]=[Zr]([CH3])([C]1=CC(C2(C)C3CC4CC(C3)CC2C4)=CC1C)([C]1=C(C)c2cc3c(cc2C1(C)C)Cc1cc2c(cc1-3)C(C)=CC2(C)C)[c]1ccc2ccccc2c1. The van der Waals surface area contributed by atoms with E-state index in [4.69, 9.17) is 4.21 Å².